The van der Waals surface area contributed by atoms with Gasteiger partial charge in [0.2, 0.25) is 0 Å². The highest BCUT2D eigenvalue weighted by Crippen LogP contribution is 2.47. The number of aromatic hydroxyl groups is 1. The number of hydrogen-bond acceptors (Lipinski definition) is 16. The minimum Gasteiger partial charge on any atom is -0.505 e. The van der Waals surface area contributed by atoms with Gasteiger partial charge in [-0.25, -0.2) is 15.3 Å². The molecule has 5 N–H and O–H groups in total. The fourth-order valence-electron chi connectivity index (χ4n) is 3.46. The van der Waals surface area contributed by atoms with Crippen LogP contribution in [0.3, 0.4) is 0 Å². The molecule has 0 fully saturated rings. The number of carboxylic acids is 1. The zero-order chi connectivity index (χ0) is 31.1. The van der Waals surface area contributed by atoms with E-state index in [-0.39, 0.29) is 43.3 Å². The Balaban J connectivity index is 1.70. The zero-order valence-corrected chi connectivity index (χ0v) is 24.0. The Hall–Kier alpha value is -3.73. The van der Waals surface area contributed by atoms with Crippen LogP contribution in [0.2, 0.25) is 5.02 Å². The van der Waals surface area contributed by atoms with Gasteiger partial charge in [0, 0.05) is 10.3 Å². The van der Waals surface area contributed by atoms with Crippen molar-refractivity contribution in [1.82, 2.24) is 0 Å². The number of fused-ring (bicyclic) bond motifs is 1. The Morgan fingerprint density at radius 2 is 1.49 bits per heavy atom. The first-order valence-corrected chi connectivity index (χ1v) is 14.4. The molecule has 0 saturated heterocycles. The van der Waals surface area contributed by atoms with Crippen LogP contribution in [0.15, 0.2) is 95.8 Å². The molecule has 0 aliphatic rings. The molecule has 0 aromatic heterocycles. The molecule has 0 bridgehead atoms. The Morgan fingerprint density at radius 3 is 2.14 bits per heavy atom. The highest BCUT2D eigenvalue weighted by atomic mass is 35.5. The third-order valence-electron chi connectivity index (χ3n) is 5.27. The summed E-state index contributed by atoms with van der Waals surface area (Å²) in [5.41, 5.74) is -0.210. The summed E-state index contributed by atoms with van der Waals surface area (Å²) in [5.74, 6) is -1.99. The summed E-state index contributed by atoms with van der Waals surface area (Å²) in [5, 5.41) is 60.2. The number of carbonyl (C=O) groups is 1. The number of carboxylic acid groups (broad SMARTS) is 1. The van der Waals surface area contributed by atoms with Crippen molar-refractivity contribution in [2.24, 2.45) is 20.5 Å². The fourth-order valence-corrected chi connectivity index (χ4v) is 5.23. The standard InChI is InChI=1S/C23H15ClN4O12S3/c24-17-10-15(43(34,35)36)7-11-8-19(42-40-38-33)21(22(29)20(11)17)28-27-18-6-3-13(9-16(18)23(30)31)26-25-12-1-4-14(5-2-12)41-39-37-32/h1-10,29,32-33H,(H,30,31)(H,34,35,36). The van der Waals surface area contributed by atoms with E-state index in [4.69, 9.17) is 22.1 Å². The monoisotopic (exact) mass is 670 g/mol. The van der Waals surface area contributed by atoms with Crippen LogP contribution in [0.4, 0.5) is 22.7 Å². The van der Waals surface area contributed by atoms with Crippen molar-refractivity contribution in [3.63, 3.8) is 0 Å². The molecule has 4 rings (SSSR count). The molecule has 0 unspecified atom stereocenters. The third kappa shape index (κ3) is 8.01. The smallest absolute Gasteiger partial charge is 0.338 e. The fraction of sp³-hybridized carbons (Fsp3) is 0. The van der Waals surface area contributed by atoms with Gasteiger partial charge >= 0.3 is 5.97 Å². The van der Waals surface area contributed by atoms with E-state index >= 15 is 0 Å². The van der Waals surface area contributed by atoms with E-state index in [2.05, 4.69) is 39.2 Å². The van der Waals surface area contributed by atoms with Gasteiger partial charge in [0.1, 0.15) is 11.4 Å². The van der Waals surface area contributed by atoms with Crippen LogP contribution in [0, 0.1) is 0 Å². The topological polar surface area (TPSA) is 239 Å². The summed E-state index contributed by atoms with van der Waals surface area (Å²) in [7, 11) is -4.66. The molecular weight excluding hydrogens is 656 g/mol. The Kier molecular flexibility index (Phi) is 10.6. The first kappa shape index (κ1) is 32.2. The van der Waals surface area contributed by atoms with E-state index in [1.165, 1.54) is 24.3 Å². The van der Waals surface area contributed by atoms with Crippen LogP contribution in [0.5, 0.6) is 5.75 Å². The number of halogens is 1. The van der Waals surface area contributed by atoms with E-state index in [1.807, 2.05) is 0 Å². The largest absolute Gasteiger partial charge is 0.505 e. The summed E-state index contributed by atoms with van der Waals surface area (Å²) >= 11 is 7.27. The molecule has 0 amide bonds. The Bertz CT molecular complexity index is 1840. The van der Waals surface area contributed by atoms with Crippen molar-refractivity contribution in [2.75, 3.05) is 0 Å². The summed E-state index contributed by atoms with van der Waals surface area (Å²) in [4.78, 5) is 11.9. The van der Waals surface area contributed by atoms with Crippen molar-refractivity contribution < 1.29 is 57.2 Å². The normalized spacial score (nSPS) is 12.1. The maximum Gasteiger partial charge on any atom is 0.338 e. The lowest BCUT2D eigenvalue weighted by atomic mass is 10.1. The van der Waals surface area contributed by atoms with Crippen molar-refractivity contribution in [1.29, 1.82) is 0 Å². The molecule has 0 atom stereocenters. The van der Waals surface area contributed by atoms with Gasteiger partial charge in [0.15, 0.2) is 5.75 Å². The van der Waals surface area contributed by atoms with Gasteiger partial charge in [-0.05, 0) is 66.0 Å². The van der Waals surface area contributed by atoms with Gasteiger partial charge in [0.25, 0.3) is 10.1 Å². The average molecular weight is 671 g/mol. The molecule has 20 heteroatoms. The quantitative estimate of drug-likeness (QED) is 0.0317. The molecule has 0 radical (unpaired) electrons. The molecule has 4 aromatic rings. The van der Waals surface area contributed by atoms with Crippen LogP contribution in [-0.4, -0.2) is 39.7 Å². The van der Waals surface area contributed by atoms with E-state index in [1.54, 1.807) is 24.3 Å². The highest BCUT2D eigenvalue weighted by Gasteiger charge is 2.21. The second-order valence-corrected chi connectivity index (χ2v) is 11.2. The minimum absolute atomic E-state index is 0.0301. The predicted molar refractivity (Wildman–Crippen MR) is 150 cm³/mol. The average Bonchev–Trinajstić information content (AvgIpc) is 2.97. The first-order chi connectivity index (χ1) is 20.5. The summed E-state index contributed by atoms with van der Waals surface area (Å²) < 4.78 is 41.4. The molecule has 224 valence electrons. The SMILES string of the molecule is O=C(O)c1cc(N=Nc2ccc(SOOO)cc2)ccc1N=Nc1c(SOOO)cc2cc(S(=O)(=O)O)cc(Cl)c2c1O. The third-order valence-corrected chi connectivity index (χ3v) is 7.62. The number of phenols is 1. The lowest BCUT2D eigenvalue weighted by Crippen LogP contribution is -1.98. The predicted octanol–water partition coefficient (Wildman–Crippen LogP) is 7.83. The molecular formula is C23H15ClN4O12S3. The van der Waals surface area contributed by atoms with Crippen molar-refractivity contribution in [3.8, 4) is 5.75 Å². The van der Waals surface area contributed by atoms with E-state index in [0.717, 1.165) is 24.2 Å². The van der Waals surface area contributed by atoms with Crippen LogP contribution in [0.25, 0.3) is 10.8 Å². The van der Waals surface area contributed by atoms with Crippen LogP contribution < -0.4 is 0 Å². The second-order valence-electron chi connectivity index (χ2n) is 7.90. The van der Waals surface area contributed by atoms with Gasteiger partial charge in [-0.3, -0.25) is 4.55 Å². The minimum atomic E-state index is -4.66. The number of benzene rings is 4. The van der Waals surface area contributed by atoms with Crippen molar-refractivity contribution >= 4 is 85.3 Å². The first-order valence-electron chi connectivity index (χ1n) is 11.1. The maximum absolute atomic E-state index is 12.0. The van der Waals surface area contributed by atoms with E-state index in [0.29, 0.717) is 22.6 Å². The second kappa shape index (κ2) is 14.2. The van der Waals surface area contributed by atoms with Crippen LogP contribution >= 0.6 is 35.7 Å². The lowest BCUT2D eigenvalue weighted by molar-refractivity contribution is -0.432. The van der Waals surface area contributed by atoms with E-state index in [9.17, 15) is 28.0 Å². The summed E-state index contributed by atoms with van der Waals surface area (Å²) in [6.45, 7) is 0. The molecule has 4 aromatic carbocycles. The number of aromatic carboxylic acids is 1. The molecule has 43 heavy (non-hydrogen) atoms. The molecule has 0 aliphatic heterocycles. The number of nitrogens with zero attached hydrogens (tertiary/aromatic N) is 4. The lowest BCUT2D eigenvalue weighted by Gasteiger charge is -2.11. The number of rotatable bonds is 12. The van der Waals surface area contributed by atoms with Gasteiger partial charge in [-0.1, -0.05) is 21.7 Å². The molecule has 0 heterocycles. The van der Waals surface area contributed by atoms with Crippen LogP contribution in [0.1, 0.15) is 10.4 Å². The van der Waals surface area contributed by atoms with Gasteiger partial charge in [-0.15, -0.1) is 18.9 Å². The maximum atomic E-state index is 12.0. The molecule has 0 saturated carbocycles. The Labute approximate surface area is 254 Å². The Morgan fingerprint density at radius 1 is 0.837 bits per heavy atom. The van der Waals surface area contributed by atoms with Gasteiger partial charge < -0.3 is 10.2 Å². The number of phenolic OH excluding ortho intramolecular Hbond substituents is 1. The van der Waals surface area contributed by atoms with Crippen molar-refractivity contribution in [3.05, 3.63) is 71.2 Å². The van der Waals surface area contributed by atoms with Crippen molar-refractivity contribution in [2.45, 2.75) is 14.7 Å². The van der Waals surface area contributed by atoms with Gasteiger partial charge in [-0.2, -0.15) is 18.6 Å². The molecule has 16 nitrogen and oxygen atoms in total. The van der Waals surface area contributed by atoms with Gasteiger partial charge in [0.05, 0.1) is 55.8 Å². The molecule has 0 spiro atoms. The molecule has 0 aliphatic carbocycles. The zero-order valence-electron chi connectivity index (χ0n) is 20.8. The van der Waals surface area contributed by atoms with Crippen LogP contribution in [-0.2, 0) is 28.9 Å². The van der Waals surface area contributed by atoms with E-state index < -0.39 is 26.7 Å². The highest BCUT2D eigenvalue weighted by molar-refractivity contribution is 7.94. The summed E-state index contributed by atoms with van der Waals surface area (Å²) in [6, 6.07) is 13.4. The number of hydrogen-bond donors (Lipinski definition) is 5. The summed E-state index contributed by atoms with van der Waals surface area (Å²) in [6.07, 6.45) is 0. The number of azo groups is 2.